The molecule has 3 atom stereocenters. The van der Waals surface area contributed by atoms with Gasteiger partial charge in [0.2, 0.25) is 11.8 Å². The van der Waals surface area contributed by atoms with E-state index in [0.717, 1.165) is 31.4 Å². The second kappa shape index (κ2) is 9.27. The predicted octanol–water partition coefficient (Wildman–Crippen LogP) is 1.32. The molecule has 3 N–H and O–H groups in total. The Kier molecular flexibility index (Phi) is 6.49. The summed E-state index contributed by atoms with van der Waals surface area (Å²) in [7, 11) is 0. The van der Waals surface area contributed by atoms with E-state index in [1.54, 1.807) is 0 Å². The number of benzene rings is 1. The van der Waals surface area contributed by atoms with E-state index in [9.17, 15) is 14.4 Å². The molecule has 7 nitrogen and oxygen atoms in total. The van der Waals surface area contributed by atoms with Crippen molar-refractivity contribution in [3.05, 3.63) is 35.9 Å². The topological polar surface area (TPSA) is 96.5 Å². The van der Waals surface area contributed by atoms with Crippen molar-refractivity contribution in [3.8, 4) is 0 Å². The number of rotatable bonds is 9. The Balaban J connectivity index is 1.35. The van der Waals surface area contributed by atoms with E-state index in [0.29, 0.717) is 25.0 Å². The Bertz CT molecular complexity index is 778. The maximum absolute atomic E-state index is 12.9. The van der Waals surface area contributed by atoms with Crippen LogP contribution in [0.4, 0.5) is 0 Å². The molecular formula is C23H31N3O4. The SMILES string of the molecule is O=C(COCc1ccccc1)C(C[C@@H]1CCCNC1=O)NC(=O)[C@@H]1CC2(CC2)CN1. The highest BCUT2D eigenvalue weighted by molar-refractivity contribution is 5.92. The van der Waals surface area contributed by atoms with Crippen LogP contribution in [0.15, 0.2) is 30.3 Å². The molecule has 0 bridgehead atoms. The molecule has 3 fully saturated rings. The zero-order valence-electron chi connectivity index (χ0n) is 17.3. The van der Waals surface area contributed by atoms with Crippen LogP contribution >= 0.6 is 0 Å². The molecule has 1 unspecified atom stereocenters. The summed E-state index contributed by atoms with van der Waals surface area (Å²) in [5.74, 6) is -0.615. The van der Waals surface area contributed by atoms with Crippen molar-refractivity contribution in [1.82, 2.24) is 16.0 Å². The summed E-state index contributed by atoms with van der Waals surface area (Å²) in [5.41, 5.74) is 1.28. The average Bonchev–Trinajstić information content (AvgIpc) is 3.38. The normalized spacial score (nSPS) is 25.5. The zero-order chi connectivity index (χ0) is 21.0. The van der Waals surface area contributed by atoms with Gasteiger partial charge >= 0.3 is 0 Å². The molecule has 1 aromatic rings. The van der Waals surface area contributed by atoms with Crippen LogP contribution in [-0.4, -0.2) is 49.4 Å². The largest absolute Gasteiger partial charge is 0.369 e. The van der Waals surface area contributed by atoms with Crippen molar-refractivity contribution in [1.29, 1.82) is 0 Å². The third-order valence-corrected chi connectivity index (χ3v) is 6.61. The third kappa shape index (κ3) is 5.26. The Labute approximate surface area is 177 Å². The van der Waals surface area contributed by atoms with Gasteiger partial charge in [0.05, 0.1) is 18.7 Å². The fraction of sp³-hybridized carbons (Fsp3) is 0.609. The van der Waals surface area contributed by atoms with E-state index in [2.05, 4.69) is 16.0 Å². The minimum atomic E-state index is -0.709. The Morgan fingerprint density at radius 1 is 1.23 bits per heavy atom. The molecule has 30 heavy (non-hydrogen) atoms. The van der Waals surface area contributed by atoms with Gasteiger partial charge in [0.25, 0.3) is 0 Å². The standard InChI is InChI=1S/C23H31N3O4/c27-20(14-30-13-16-5-2-1-3-6-16)18(11-17-7-4-10-24-21(17)28)26-22(29)19-12-23(8-9-23)15-25-19/h1-3,5-6,17-19,25H,4,7-15H2,(H,24,28)(H,26,29)/t17-,18?,19-/m0/s1. The summed E-state index contributed by atoms with van der Waals surface area (Å²) in [5, 5.41) is 9.09. The molecule has 2 heterocycles. The van der Waals surface area contributed by atoms with Gasteiger partial charge in [-0.05, 0) is 49.5 Å². The number of ether oxygens (including phenoxy) is 1. The smallest absolute Gasteiger partial charge is 0.237 e. The first-order valence-corrected chi connectivity index (χ1v) is 11.0. The Morgan fingerprint density at radius 3 is 2.73 bits per heavy atom. The Morgan fingerprint density at radius 2 is 2.03 bits per heavy atom. The molecule has 1 spiro atoms. The summed E-state index contributed by atoms with van der Waals surface area (Å²) in [6.07, 6.45) is 5.12. The van der Waals surface area contributed by atoms with E-state index in [1.807, 2.05) is 30.3 Å². The van der Waals surface area contributed by atoms with Gasteiger partial charge in [-0.3, -0.25) is 14.4 Å². The highest BCUT2D eigenvalue weighted by Crippen LogP contribution is 2.51. The maximum Gasteiger partial charge on any atom is 0.237 e. The van der Waals surface area contributed by atoms with E-state index in [1.165, 1.54) is 12.8 Å². The minimum Gasteiger partial charge on any atom is -0.369 e. The second-order valence-electron chi connectivity index (χ2n) is 9.01. The van der Waals surface area contributed by atoms with Crippen LogP contribution in [0.1, 0.15) is 44.1 Å². The molecule has 1 aromatic carbocycles. The molecule has 7 heteroatoms. The van der Waals surface area contributed by atoms with Crippen LogP contribution in [0.3, 0.4) is 0 Å². The van der Waals surface area contributed by atoms with Crippen LogP contribution in [0, 0.1) is 11.3 Å². The van der Waals surface area contributed by atoms with Crippen LogP contribution < -0.4 is 16.0 Å². The molecule has 3 aliphatic rings. The molecule has 4 rings (SSSR count). The zero-order valence-corrected chi connectivity index (χ0v) is 17.3. The van der Waals surface area contributed by atoms with Gasteiger partial charge in [-0.25, -0.2) is 0 Å². The first-order chi connectivity index (χ1) is 14.5. The van der Waals surface area contributed by atoms with Crippen molar-refractivity contribution in [2.45, 2.75) is 57.2 Å². The Hall–Kier alpha value is -2.25. The molecule has 162 valence electrons. The summed E-state index contributed by atoms with van der Waals surface area (Å²) in [4.78, 5) is 37.9. The predicted molar refractivity (Wildman–Crippen MR) is 111 cm³/mol. The highest BCUT2D eigenvalue weighted by atomic mass is 16.5. The molecule has 0 aromatic heterocycles. The molecule has 2 saturated heterocycles. The highest BCUT2D eigenvalue weighted by Gasteiger charge is 2.50. The lowest BCUT2D eigenvalue weighted by Crippen LogP contribution is -2.51. The van der Waals surface area contributed by atoms with E-state index >= 15 is 0 Å². The summed E-state index contributed by atoms with van der Waals surface area (Å²) >= 11 is 0. The fourth-order valence-corrected chi connectivity index (χ4v) is 4.49. The minimum absolute atomic E-state index is 0.0329. The van der Waals surface area contributed by atoms with Gasteiger partial charge in [-0.2, -0.15) is 0 Å². The van der Waals surface area contributed by atoms with Crippen LogP contribution in [0.5, 0.6) is 0 Å². The van der Waals surface area contributed by atoms with E-state index in [4.69, 9.17) is 4.74 Å². The molecule has 1 saturated carbocycles. The number of nitrogens with one attached hydrogen (secondary N) is 3. The lowest BCUT2D eigenvalue weighted by atomic mass is 9.90. The molecular weight excluding hydrogens is 382 g/mol. The number of amides is 2. The van der Waals surface area contributed by atoms with Gasteiger partial charge < -0.3 is 20.7 Å². The van der Waals surface area contributed by atoms with Gasteiger partial charge in [0, 0.05) is 19.0 Å². The number of hydrogen-bond acceptors (Lipinski definition) is 5. The maximum atomic E-state index is 12.9. The van der Waals surface area contributed by atoms with E-state index in [-0.39, 0.29) is 36.2 Å². The van der Waals surface area contributed by atoms with Crippen molar-refractivity contribution in [2.75, 3.05) is 19.7 Å². The number of piperidine rings is 1. The van der Waals surface area contributed by atoms with Crippen LogP contribution in [-0.2, 0) is 25.7 Å². The van der Waals surface area contributed by atoms with Gasteiger partial charge in [-0.1, -0.05) is 30.3 Å². The van der Waals surface area contributed by atoms with Crippen molar-refractivity contribution < 1.29 is 19.1 Å². The summed E-state index contributed by atoms with van der Waals surface area (Å²) in [6, 6.07) is 8.69. The molecule has 0 radical (unpaired) electrons. The lowest BCUT2D eigenvalue weighted by Gasteiger charge is -2.27. The van der Waals surface area contributed by atoms with E-state index < -0.39 is 6.04 Å². The second-order valence-corrected chi connectivity index (χ2v) is 9.01. The number of carbonyl (C=O) groups is 3. The van der Waals surface area contributed by atoms with Gasteiger partial charge in [0.1, 0.15) is 6.61 Å². The van der Waals surface area contributed by atoms with Crippen molar-refractivity contribution in [3.63, 3.8) is 0 Å². The molecule has 2 aliphatic heterocycles. The van der Waals surface area contributed by atoms with Gasteiger partial charge in [-0.15, -0.1) is 0 Å². The fourth-order valence-electron chi connectivity index (χ4n) is 4.49. The quantitative estimate of drug-likeness (QED) is 0.567. The molecule has 1 aliphatic carbocycles. The van der Waals surface area contributed by atoms with Crippen molar-refractivity contribution >= 4 is 17.6 Å². The number of carbonyl (C=O) groups excluding carboxylic acids is 3. The summed E-state index contributed by atoms with van der Waals surface area (Å²) < 4.78 is 5.61. The molecule has 2 amide bonds. The monoisotopic (exact) mass is 413 g/mol. The van der Waals surface area contributed by atoms with Crippen molar-refractivity contribution in [2.24, 2.45) is 11.3 Å². The number of hydrogen-bond donors (Lipinski definition) is 3. The van der Waals surface area contributed by atoms with Crippen LogP contribution in [0.2, 0.25) is 0 Å². The first kappa shape index (κ1) is 21.0. The average molecular weight is 414 g/mol. The summed E-state index contributed by atoms with van der Waals surface area (Å²) in [6.45, 7) is 1.80. The number of ketones is 1. The van der Waals surface area contributed by atoms with Gasteiger partial charge in [0.15, 0.2) is 5.78 Å². The number of Topliss-reactive ketones (excluding diaryl/α,β-unsaturated/α-hetero) is 1. The first-order valence-electron chi connectivity index (χ1n) is 11.0. The van der Waals surface area contributed by atoms with Crippen LogP contribution in [0.25, 0.3) is 0 Å². The lowest BCUT2D eigenvalue weighted by molar-refractivity contribution is -0.133. The third-order valence-electron chi connectivity index (χ3n) is 6.61.